The summed E-state index contributed by atoms with van der Waals surface area (Å²) in [4.78, 5) is 35.0. The third-order valence-electron chi connectivity index (χ3n) is 4.06. The highest BCUT2D eigenvalue weighted by Crippen LogP contribution is 2.27. The average molecular weight is 413 g/mol. The van der Waals surface area contributed by atoms with Crippen molar-refractivity contribution in [2.24, 2.45) is 5.10 Å². The fourth-order valence-corrected chi connectivity index (χ4v) is 2.48. The predicted molar refractivity (Wildman–Crippen MR) is 110 cm³/mol. The van der Waals surface area contributed by atoms with Crippen LogP contribution in [-0.2, 0) is 20.7 Å². The molecule has 158 valence electrons. The molecule has 0 atom stereocenters. The monoisotopic (exact) mass is 413 g/mol. The zero-order valence-electron chi connectivity index (χ0n) is 16.9. The number of esters is 1. The Balaban J connectivity index is 1.79. The topological polar surface area (TPSA) is 115 Å². The number of nitrogens with one attached hydrogen (secondary N) is 2. The smallest absolute Gasteiger partial charge is 0.337 e. The van der Waals surface area contributed by atoms with Gasteiger partial charge in [0, 0.05) is 6.54 Å². The summed E-state index contributed by atoms with van der Waals surface area (Å²) in [5, 5.41) is 6.26. The Hall–Kier alpha value is -3.88. The first-order chi connectivity index (χ1) is 14.5. The van der Waals surface area contributed by atoms with E-state index in [9.17, 15) is 14.4 Å². The molecule has 9 nitrogen and oxygen atoms in total. The van der Waals surface area contributed by atoms with Crippen LogP contribution in [0.3, 0.4) is 0 Å². The van der Waals surface area contributed by atoms with E-state index in [0.717, 1.165) is 5.56 Å². The first kappa shape index (κ1) is 22.4. The molecule has 0 unspecified atom stereocenters. The van der Waals surface area contributed by atoms with Crippen molar-refractivity contribution >= 4 is 24.0 Å². The molecule has 2 N–H and O–H groups in total. The van der Waals surface area contributed by atoms with E-state index in [1.165, 1.54) is 13.3 Å². The molecule has 0 aliphatic rings. The number of hydrogen-bond acceptors (Lipinski definition) is 7. The number of benzene rings is 2. The van der Waals surface area contributed by atoms with Gasteiger partial charge >= 0.3 is 17.8 Å². The van der Waals surface area contributed by atoms with Crippen molar-refractivity contribution in [2.45, 2.75) is 6.42 Å². The molecule has 0 radical (unpaired) electrons. The zero-order chi connectivity index (χ0) is 21.9. The first-order valence-electron chi connectivity index (χ1n) is 8.99. The second-order valence-electron chi connectivity index (χ2n) is 6.01. The molecule has 2 rings (SSSR count). The van der Waals surface area contributed by atoms with E-state index in [2.05, 4.69) is 20.6 Å². The maximum atomic E-state index is 11.9. The van der Waals surface area contributed by atoms with Crippen molar-refractivity contribution < 1.29 is 28.6 Å². The molecule has 0 spiro atoms. The van der Waals surface area contributed by atoms with Gasteiger partial charge in [0.15, 0.2) is 11.5 Å². The summed E-state index contributed by atoms with van der Waals surface area (Å²) in [6, 6.07) is 11.8. The van der Waals surface area contributed by atoms with Crippen LogP contribution in [0.1, 0.15) is 21.5 Å². The van der Waals surface area contributed by atoms with Crippen molar-refractivity contribution in [1.29, 1.82) is 0 Å². The van der Waals surface area contributed by atoms with E-state index in [-0.39, 0.29) is 6.54 Å². The zero-order valence-corrected chi connectivity index (χ0v) is 16.9. The van der Waals surface area contributed by atoms with Crippen molar-refractivity contribution in [1.82, 2.24) is 10.7 Å². The van der Waals surface area contributed by atoms with E-state index >= 15 is 0 Å². The van der Waals surface area contributed by atoms with E-state index in [4.69, 9.17) is 9.47 Å². The molecule has 2 aromatic rings. The number of amides is 2. The van der Waals surface area contributed by atoms with Gasteiger partial charge in [-0.15, -0.1) is 0 Å². The third kappa shape index (κ3) is 6.33. The Morgan fingerprint density at radius 1 is 0.933 bits per heavy atom. The summed E-state index contributed by atoms with van der Waals surface area (Å²) in [7, 11) is 4.39. The molecular formula is C21H23N3O6. The van der Waals surface area contributed by atoms with Crippen molar-refractivity contribution in [2.75, 3.05) is 27.9 Å². The van der Waals surface area contributed by atoms with Crippen LogP contribution in [0, 0.1) is 0 Å². The molecular weight excluding hydrogens is 390 g/mol. The van der Waals surface area contributed by atoms with Gasteiger partial charge in [-0.1, -0.05) is 18.2 Å². The van der Waals surface area contributed by atoms with Crippen LogP contribution in [-0.4, -0.2) is 51.9 Å². The van der Waals surface area contributed by atoms with Gasteiger partial charge in [-0.3, -0.25) is 9.59 Å². The van der Waals surface area contributed by atoms with Crippen LogP contribution < -0.4 is 20.2 Å². The van der Waals surface area contributed by atoms with Crippen molar-refractivity contribution in [3.05, 3.63) is 59.2 Å². The molecule has 0 aliphatic carbocycles. The Kier molecular flexibility index (Phi) is 8.37. The van der Waals surface area contributed by atoms with Gasteiger partial charge < -0.3 is 19.5 Å². The number of hydrogen-bond donors (Lipinski definition) is 2. The molecule has 0 bridgehead atoms. The van der Waals surface area contributed by atoms with Gasteiger partial charge in [-0.05, 0) is 41.8 Å². The highest BCUT2D eigenvalue weighted by Gasteiger charge is 2.12. The Labute approximate surface area is 174 Å². The second-order valence-corrected chi connectivity index (χ2v) is 6.01. The van der Waals surface area contributed by atoms with Gasteiger partial charge in [0.05, 0.1) is 33.1 Å². The van der Waals surface area contributed by atoms with Crippen LogP contribution in [0.15, 0.2) is 47.6 Å². The number of nitrogens with zero attached hydrogens (tertiary/aromatic N) is 1. The molecule has 0 aliphatic heterocycles. The van der Waals surface area contributed by atoms with E-state index in [0.29, 0.717) is 29.0 Å². The maximum Gasteiger partial charge on any atom is 0.337 e. The largest absolute Gasteiger partial charge is 0.493 e. The van der Waals surface area contributed by atoms with E-state index in [1.54, 1.807) is 50.6 Å². The van der Waals surface area contributed by atoms with Gasteiger partial charge in [0.2, 0.25) is 0 Å². The van der Waals surface area contributed by atoms with Crippen molar-refractivity contribution in [3.8, 4) is 11.5 Å². The third-order valence-corrected chi connectivity index (χ3v) is 4.06. The van der Waals surface area contributed by atoms with Gasteiger partial charge in [-0.2, -0.15) is 5.10 Å². The minimum atomic E-state index is -0.884. The highest BCUT2D eigenvalue weighted by molar-refractivity contribution is 6.35. The molecule has 2 aromatic carbocycles. The van der Waals surface area contributed by atoms with E-state index in [1.807, 2.05) is 6.07 Å². The fourth-order valence-electron chi connectivity index (χ4n) is 2.48. The lowest BCUT2D eigenvalue weighted by atomic mass is 10.1. The fraction of sp³-hybridized carbons (Fsp3) is 0.238. The summed E-state index contributed by atoms with van der Waals surface area (Å²) in [6.45, 7) is 0.264. The highest BCUT2D eigenvalue weighted by atomic mass is 16.5. The SMILES string of the molecule is COC(=O)c1ccc(/C=N\NC(=O)C(=O)NCCc2ccc(OC)c(OC)c2)cc1. The van der Waals surface area contributed by atoms with Gasteiger partial charge in [-0.25, -0.2) is 10.2 Å². The summed E-state index contributed by atoms with van der Waals surface area (Å²) in [5.41, 5.74) is 4.10. The quantitative estimate of drug-likeness (QED) is 0.292. The van der Waals surface area contributed by atoms with Crippen LogP contribution in [0.25, 0.3) is 0 Å². The molecule has 0 fully saturated rings. The standard InChI is InChI=1S/C21H23N3O6/c1-28-17-9-6-14(12-18(17)29-2)10-11-22-19(25)20(26)24-23-13-15-4-7-16(8-5-15)21(27)30-3/h4-9,12-13H,10-11H2,1-3H3,(H,22,25)(H,24,26)/b23-13-. The van der Waals surface area contributed by atoms with E-state index < -0.39 is 17.8 Å². The molecule has 2 amide bonds. The van der Waals surface area contributed by atoms with Crippen LogP contribution in [0.4, 0.5) is 0 Å². The Bertz CT molecular complexity index is 925. The maximum absolute atomic E-state index is 11.9. The van der Waals surface area contributed by atoms with Crippen molar-refractivity contribution in [3.63, 3.8) is 0 Å². The Morgan fingerprint density at radius 3 is 2.27 bits per heavy atom. The lowest BCUT2D eigenvalue weighted by molar-refractivity contribution is -0.139. The molecule has 0 saturated carbocycles. The van der Waals surface area contributed by atoms with Crippen LogP contribution in [0.5, 0.6) is 11.5 Å². The lowest BCUT2D eigenvalue weighted by Crippen LogP contribution is -2.38. The summed E-state index contributed by atoms with van der Waals surface area (Å²) in [6.07, 6.45) is 1.87. The minimum absolute atomic E-state index is 0.264. The number of hydrazone groups is 1. The Morgan fingerprint density at radius 2 is 1.63 bits per heavy atom. The number of rotatable bonds is 8. The predicted octanol–water partition coefficient (Wildman–Crippen LogP) is 1.30. The molecule has 0 saturated heterocycles. The molecule has 0 aromatic heterocycles. The summed E-state index contributed by atoms with van der Waals surface area (Å²) >= 11 is 0. The number of ether oxygens (including phenoxy) is 3. The van der Waals surface area contributed by atoms with Gasteiger partial charge in [0.1, 0.15) is 0 Å². The van der Waals surface area contributed by atoms with Crippen LogP contribution in [0.2, 0.25) is 0 Å². The number of carbonyl (C=O) groups is 3. The normalized spacial score (nSPS) is 10.4. The molecule has 0 heterocycles. The molecule has 9 heteroatoms. The molecule has 30 heavy (non-hydrogen) atoms. The second kappa shape index (κ2) is 11.2. The number of carbonyl (C=O) groups excluding carboxylic acids is 3. The average Bonchev–Trinajstić information content (AvgIpc) is 2.78. The number of methoxy groups -OCH3 is 3. The first-order valence-corrected chi connectivity index (χ1v) is 8.99. The summed E-state index contributed by atoms with van der Waals surface area (Å²) in [5.74, 6) is -0.926. The summed E-state index contributed by atoms with van der Waals surface area (Å²) < 4.78 is 15.0. The minimum Gasteiger partial charge on any atom is -0.493 e. The van der Waals surface area contributed by atoms with Gasteiger partial charge in [0.25, 0.3) is 0 Å². The van der Waals surface area contributed by atoms with Crippen LogP contribution >= 0.6 is 0 Å². The lowest BCUT2D eigenvalue weighted by Gasteiger charge is -2.10.